The molecule has 0 aromatic heterocycles. The SMILES string of the molecule is CCC(C)C(C)(O)CO. The van der Waals surface area contributed by atoms with E-state index in [2.05, 4.69) is 0 Å². The predicted octanol–water partition coefficient (Wildman–Crippen LogP) is 0.776. The van der Waals surface area contributed by atoms with Crippen molar-refractivity contribution >= 4 is 0 Å². The summed E-state index contributed by atoms with van der Waals surface area (Å²) in [6.07, 6.45) is 0.896. The third-order valence-electron chi connectivity index (χ3n) is 1.99. The van der Waals surface area contributed by atoms with Crippen LogP contribution in [0.4, 0.5) is 0 Å². The smallest absolute Gasteiger partial charge is 0.0874 e. The lowest BCUT2D eigenvalue weighted by atomic mass is 9.90. The molecule has 0 rings (SSSR count). The van der Waals surface area contributed by atoms with E-state index in [1.807, 2.05) is 13.8 Å². The second kappa shape index (κ2) is 3.18. The minimum Gasteiger partial charge on any atom is -0.393 e. The van der Waals surface area contributed by atoms with Gasteiger partial charge in [-0.1, -0.05) is 20.3 Å². The van der Waals surface area contributed by atoms with Crippen LogP contribution in [0.3, 0.4) is 0 Å². The zero-order valence-electron chi connectivity index (χ0n) is 6.39. The highest BCUT2D eigenvalue weighted by Crippen LogP contribution is 2.18. The monoisotopic (exact) mass is 132 g/mol. The van der Waals surface area contributed by atoms with Crippen molar-refractivity contribution in [1.29, 1.82) is 0 Å². The standard InChI is InChI=1S/C7H16O2/c1-4-6(2)7(3,9)5-8/h6,8-9H,4-5H2,1-3H3. The molecule has 0 radical (unpaired) electrons. The molecule has 0 heterocycles. The first-order valence-electron chi connectivity index (χ1n) is 3.37. The first-order chi connectivity index (χ1) is 4.04. The molecule has 2 atom stereocenters. The fraction of sp³-hybridized carbons (Fsp3) is 1.00. The van der Waals surface area contributed by atoms with Crippen molar-refractivity contribution < 1.29 is 10.2 Å². The minimum atomic E-state index is -0.894. The molecular formula is C7H16O2. The van der Waals surface area contributed by atoms with Crippen molar-refractivity contribution in [2.45, 2.75) is 32.8 Å². The topological polar surface area (TPSA) is 40.5 Å². The largest absolute Gasteiger partial charge is 0.393 e. The summed E-state index contributed by atoms with van der Waals surface area (Å²) in [5.41, 5.74) is -0.894. The van der Waals surface area contributed by atoms with Gasteiger partial charge in [-0.3, -0.25) is 0 Å². The first-order valence-corrected chi connectivity index (χ1v) is 3.37. The van der Waals surface area contributed by atoms with Crippen LogP contribution in [0.5, 0.6) is 0 Å². The van der Waals surface area contributed by atoms with Crippen molar-refractivity contribution in [2.75, 3.05) is 6.61 Å². The Morgan fingerprint density at radius 1 is 1.56 bits per heavy atom. The third-order valence-corrected chi connectivity index (χ3v) is 1.99. The van der Waals surface area contributed by atoms with Crippen LogP contribution in [0.15, 0.2) is 0 Å². The highest BCUT2D eigenvalue weighted by atomic mass is 16.3. The van der Waals surface area contributed by atoms with E-state index in [4.69, 9.17) is 5.11 Å². The maximum Gasteiger partial charge on any atom is 0.0874 e. The zero-order valence-corrected chi connectivity index (χ0v) is 6.39. The maximum atomic E-state index is 9.34. The molecule has 0 spiro atoms. The fourth-order valence-corrected chi connectivity index (χ4v) is 0.596. The van der Waals surface area contributed by atoms with Gasteiger partial charge in [-0.2, -0.15) is 0 Å². The van der Waals surface area contributed by atoms with Gasteiger partial charge in [0.1, 0.15) is 0 Å². The second-order valence-corrected chi connectivity index (χ2v) is 2.82. The zero-order chi connectivity index (χ0) is 7.49. The van der Waals surface area contributed by atoms with Crippen LogP contribution in [0.1, 0.15) is 27.2 Å². The van der Waals surface area contributed by atoms with Gasteiger partial charge >= 0.3 is 0 Å². The molecule has 0 bridgehead atoms. The molecule has 0 saturated carbocycles. The Bertz CT molecular complexity index is 79.0. The van der Waals surface area contributed by atoms with Gasteiger partial charge in [-0.25, -0.2) is 0 Å². The van der Waals surface area contributed by atoms with E-state index in [1.54, 1.807) is 6.92 Å². The highest BCUT2D eigenvalue weighted by Gasteiger charge is 2.25. The van der Waals surface area contributed by atoms with Gasteiger partial charge in [0, 0.05) is 0 Å². The van der Waals surface area contributed by atoms with Crippen LogP contribution < -0.4 is 0 Å². The van der Waals surface area contributed by atoms with Crippen LogP contribution in [-0.2, 0) is 0 Å². The van der Waals surface area contributed by atoms with E-state index >= 15 is 0 Å². The van der Waals surface area contributed by atoms with Crippen molar-refractivity contribution in [3.63, 3.8) is 0 Å². The van der Waals surface area contributed by atoms with E-state index in [0.717, 1.165) is 6.42 Å². The molecule has 0 aromatic carbocycles. The Morgan fingerprint density at radius 3 is 2.11 bits per heavy atom. The van der Waals surface area contributed by atoms with E-state index < -0.39 is 5.60 Å². The third kappa shape index (κ3) is 2.33. The van der Waals surface area contributed by atoms with Gasteiger partial charge in [0.25, 0.3) is 0 Å². The van der Waals surface area contributed by atoms with Gasteiger partial charge in [-0.05, 0) is 12.8 Å². The van der Waals surface area contributed by atoms with Crippen molar-refractivity contribution in [3.8, 4) is 0 Å². The van der Waals surface area contributed by atoms with Crippen molar-refractivity contribution in [2.24, 2.45) is 5.92 Å². The Kier molecular flexibility index (Phi) is 3.15. The first kappa shape index (κ1) is 8.92. The average Bonchev–Trinajstić information content (AvgIpc) is 1.86. The molecule has 0 amide bonds. The molecule has 0 aliphatic carbocycles. The quantitative estimate of drug-likeness (QED) is 0.595. The molecule has 2 heteroatoms. The minimum absolute atomic E-state index is 0.151. The summed E-state index contributed by atoms with van der Waals surface area (Å²) >= 11 is 0. The average molecular weight is 132 g/mol. The van der Waals surface area contributed by atoms with Crippen LogP contribution in [0.25, 0.3) is 0 Å². The molecule has 0 aliphatic rings. The molecule has 56 valence electrons. The van der Waals surface area contributed by atoms with Gasteiger partial charge in [0.15, 0.2) is 0 Å². The van der Waals surface area contributed by atoms with E-state index in [9.17, 15) is 5.11 Å². The summed E-state index contributed by atoms with van der Waals surface area (Å²) in [7, 11) is 0. The Balaban J connectivity index is 3.80. The van der Waals surface area contributed by atoms with E-state index in [-0.39, 0.29) is 12.5 Å². The number of rotatable bonds is 3. The predicted molar refractivity (Wildman–Crippen MR) is 37.2 cm³/mol. The highest BCUT2D eigenvalue weighted by molar-refractivity contribution is 4.76. The van der Waals surface area contributed by atoms with Crippen molar-refractivity contribution in [3.05, 3.63) is 0 Å². The van der Waals surface area contributed by atoms with Crippen LogP contribution >= 0.6 is 0 Å². The molecule has 9 heavy (non-hydrogen) atoms. The normalized spacial score (nSPS) is 21.0. The molecule has 0 aromatic rings. The lowest BCUT2D eigenvalue weighted by Gasteiger charge is -2.26. The lowest BCUT2D eigenvalue weighted by molar-refractivity contribution is -0.0418. The summed E-state index contributed by atoms with van der Waals surface area (Å²) in [6, 6.07) is 0. The molecule has 2 N–H and O–H groups in total. The molecular weight excluding hydrogens is 116 g/mol. The molecule has 0 saturated heterocycles. The van der Waals surface area contributed by atoms with Crippen LogP contribution in [0.2, 0.25) is 0 Å². The second-order valence-electron chi connectivity index (χ2n) is 2.82. The van der Waals surface area contributed by atoms with Crippen molar-refractivity contribution in [1.82, 2.24) is 0 Å². The lowest BCUT2D eigenvalue weighted by Crippen LogP contribution is -2.36. The van der Waals surface area contributed by atoms with Gasteiger partial charge in [-0.15, -0.1) is 0 Å². The van der Waals surface area contributed by atoms with Crippen LogP contribution in [-0.4, -0.2) is 22.4 Å². The van der Waals surface area contributed by atoms with E-state index in [0.29, 0.717) is 0 Å². The fourth-order valence-electron chi connectivity index (χ4n) is 0.596. The summed E-state index contributed by atoms with van der Waals surface area (Å²) in [5, 5.41) is 18.0. The Labute approximate surface area is 56.5 Å². The van der Waals surface area contributed by atoms with Gasteiger partial charge < -0.3 is 10.2 Å². The number of aliphatic hydroxyl groups excluding tert-OH is 1. The molecule has 0 aliphatic heterocycles. The Morgan fingerprint density at radius 2 is 2.00 bits per heavy atom. The summed E-state index contributed by atoms with van der Waals surface area (Å²) in [5.74, 6) is 0.169. The Hall–Kier alpha value is -0.0800. The number of hydrogen-bond acceptors (Lipinski definition) is 2. The summed E-state index contributed by atoms with van der Waals surface area (Å²) in [4.78, 5) is 0. The number of aliphatic hydroxyl groups is 2. The number of hydrogen-bond donors (Lipinski definition) is 2. The maximum absolute atomic E-state index is 9.34. The molecule has 2 nitrogen and oxygen atoms in total. The van der Waals surface area contributed by atoms with Gasteiger partial charge in [0.05, 0.1) is 12.2 Å². The molecule has 0 fully saturated rings. The van der Waals surface area contributed by atoms with Gasteiger partial charge in [0.2, 0.25) is 0 Å². The van der Waals surface area contributed by atoms with Crippen LogP contribution in [0, 0.1) is 5.92 Å². The molecule has 2 unspecified atom stereocenters. The summed E-state index contributed by atoms with van der Waals surface area (Å²) < 4.78 is 0. The van der Waals surface area contributed by atoms with E-state index in [1.165, 1.54) is 0 Å². The summed E-state index contributed by atoms with van der Waals surface area (Å²) in [6.45, 7) is 5.42.